The molecule has 54 valence electrons. The molecule has 2 rings (SSSR count). The summed E-state index contributed by atoms with van der Waals surface area (Å²) in [5.74, 6) is 0. The van der Waals surface area contributed by atoms with Gasteiger partial charge in [0.1, 0.15) is 11.2 Å². The number of aromatic amines is 1. The average Bonchev–Trinajstić information content (AvgIpc) is 2.50. The van der Waals surface area contributed by atoms with Gasteiger partial charge in [-0.25, -0.2) is 4.98 Å². The highest BCUT2D eigenvalue weighted by atomic mass is 16.1. The van der Waals surface area contributed by atoms with Gasteiger partial charge in [-0.1, -0.05) is 0 Å². The molecule has 2 aromatic heterocycles. The van der Waals surface area contributed by atoms with Crippen molar-refractivity contribution in [1.82, 2.24) is 20.4 Å². The Kier molecular flexibility index (Phi) is 1.15. The van der Waals surface area contributed by atoms with Crippen molar-refractivity contribution in [2.24, 2.45) is 0 Å². The summed E-state index contributed by atoms with van der Waals surface area (Å²) in [4.78, 5) is 14.1. The summed E-state index contributed by atoms with van der Waals surface area (Å²) in [6.45, 7) is 0. The third kappa shape index (κ3) is 0.861. The van der Waals surface area contributed by atoms with Gasteiger partial charge in [0.25, 0.3) is 0 Å². The van der Waals surface area contributed by atoms with Crippen molar-refractivity contribution in [2.75, 3.05) is 0 Å². The second-order valence-corrected chi connectivity index (χ2v) is 2.02. The molecule has 0 aliphatic carbocycles. The molecule has 11 heavy (non-hydrogen) atoms. The molecule has 0 saturated carbocycles. The zero-order chi connectivity index (χ0) is 7.68. The van der Waals surface area contributed by atoms with Gasteiger partial charge in [-0.3, -0.25) is 4.79 Å². The maximum Gasteiger partial charge on any atom is 0.202 e. The van der Waals surface area contributed by atoms with Gasteiger partial charge in [-0.15, -0.1) is 5.10 Å². The van der Waals surface area contributed by atoms with E-state index in [9.17, 15) is 4.79 Å². The summed E-state index contributed by atoms with van der Waals surface area (Å²) in [7, 11) is 0. The van der Waals surface area contributed by atoms with Crippen LogP contribution < -0.4 is 0 Å². The molecule has 0 aliphatic heterocycles. The number of nitrogens with one attached hydrogen (secondary N) is 1. The molecule has 0 saturated heterocycles. The summed E-state index contributed by atoms with van der Waals surface area (Å²) in [5, 5.41) is 9.91. The molecular formula is C6H4N4O. The second-order valence-electron chi connectivity index (χ2n) is 2.02. The predicted octanol–water partition coefficient (Wildman–Crippen LogP) is 0.165. The summed E-state index contributed by atoms with van der Waals surface area (Å²) in [6.07, 6.45) is 0.675. The number of aldehydes is 1. The van der Waals surface area contributed by atoms with Crippen molar-refractivity contribution >= 4 is 17.5 Å². The lowest BCUT2D eigenvalue weighted by atomic mass is 10.3. The zero-order valence-electron chi connectivity index (χ0n) is 5.48. The Hall–Kier alpha value is -1.78. The number of rotatable bonds is 1. The van der Waals surface area contributed by atoms with E-state index < -0.39 is 0 Å². The van der Waals surface area contributed by atoms with Gasteiger partial charge in [-0.2, -0.15) is 10.3 Å². The van der Waals surface area contributed by atoms with E-state index in [2.05, 4.69) is 20.4 Å². The standard InChI is InChI=1S/C6H4N4O/c11-3-4-1-2-5-6(7-4)9-10-8-5/h1-3H,(H,7,8,9,10). The van der Waals surface area contributed by atoms with Crippen LogP contribution >= 0.6 is 0 Å². The Morgan fingerprint density at radius 1 is 1.36 bits per heavy atom. The van der Waals surface area contributed by atoms with Gasteiger partial charge in [-0.05, 0) is 12.1 Å². The highest BCUT2D eigenvalue weighted by Crippen LogP contribution is 2.03. The van der Waals surface area contributed by atoms with Crippen LogP contribution in [0.25, 0.3) is 11.2 Å². The number of hydrogen-bond acceptors (Lipinski definition) is 4. The van der Waals surface area contributed by atoms with Crippen LogP contribution in [0, 0.1) is 0 Å². The number of carbonyl (C=O) groups is 1. The largest absolute Gasteiger partial charge is 0.296 e. The van der Waals surface area contributed by atoms with Gasteiger partial charge in [0, 0.05) is 0 Å². The Bertz CT molecular complexity index is 394. The van der Waals surface area contributed by atoms with Crippen molar-refractivity contribution in [2.45, 2.75) is 0 Å². The Labute approximate surface area is 61.4 Å². The van der Waals surface area contributed by atoms with Crippen LogP contribution in [-0.4, -0.2) is 26.7 Å². The third-order valence-electron chi connectivity index (χ3n) is 1.32. The van der Waals surface area contributed by atoms with Crippen LogP contribution in [0.15, 0.2) is 12.1 Å². The number of aromatic nitrogens is 4. The van der Waals surface area contributed by atoms with Crippen molar-refractivity contribution in [3.05, 3.63) is 17.8 Å². The average molecular weight is 148 g/mol. The highest BCUT2D eigenvalue weighted by Gasteiger charge is 1.98. The zero-order valence-corrected chi connectivity index (χ0v) is 5.48. The molecule has 0 bridgehead atoms. The SMILES string of the molecule is O=Cc1ccc2n[nH]nc2n1. The molecule has 0 fully saturated rings. The van der Waals surface area contributed by atoms with Crippen LogP contribution in [-0.2, 0) is 0 Å². The van der Waals surface area contributed by atoms with Gasteiger partial charge < -0.3 is 0 Å². The quantitative estimate of drug-likeness (QED) is 0.585. The van der Waals surface area contributed by atoms with Crippen LogP contribution in [0.4, 0.5) is 0 Å². The van der Waals surface area contributed by atoms with E-state index in [1.165, 1.54) is 0 Å². The molecule has 5 heteroatoms. The molecule has 1 N–H and O–H groups in total. The molecule has 5 nitrogen and oxygen atoms in total. The maximum atomic E-state index is 10.3. The second kappa shape index (κ2) is 2.12. The van der Waals surface area contributed by atoms with Gasteiger partial charge in [0.2, 0.25) is 5.65 Å². The summed E-state index contributed by atoms with van der Waals surface area (Å²) in [5.41, 5.74) is 1.50. The molecule has 0 spiro atoms. The molecule has 0 radical (unpaired) electrons. The van der Waals surface area contributed by atoms with E-state index in [0.29, 0.717) is 23.1 Å². The number of carbonyl (C=O) groups excluding carboxylic acids is 1. The lowest BCUT2D eigenvalue weighted by Gasteiger charge is -1.85. The molecule has 2 heterocycles. The van der Waals surface area contributed by atoms with Crippen molar-refractivity contribution in [3.63, 3.8) is 0 Å². The molecule has 0 aromatic carbocycles. The smallest absolute Gasteiger partial charge is 0.202 e. The van der Waals surface area contributed by atoms with E-state index in [0.717, 1.165) is 0 Å². The van der Waals surface area contributed by atoms with Crippen LogP contribution in [0.3, 0.4) is 0 Å². The van der Waals surface area contributed by atoms with Crippen molar-refractivity contribution in [3.8, 4) is 0 Å². The minimum Gasteiger partial charge on any atom is -0.296 e. The van der Waals surface area contributed by atoms with Gasteiger partial charge in [0.15, 0.2) is 6.29 Å². The normalized spacial score (nSPS) is 10.2. The molecule has 2 aromatic rings. The topological polar surface area (TPSA) is 71.5 Å². The Morgan fingerprint density at radius 2 is 2.27 bits per heavy atom. The minimum absolute atomic E-state index is 0.367. The molecular weight excluding hydrogens is 144 g/mol. The number of nitrogens with zero attached hydrogens (tertiary/aromatic N) is 3. The fourth-order valence-electron chi connectivity index (χ4n) is 0.817. The molecule has 0 unspecified atom stereocenters. The van der Waals surface area contributed by atoms with E-state index in [4.69, 9.17) is 0 Å². The molecule has 0 amide bonds. The summed E-state index contributed by atoms with van der Waals surface area (Å²) in [6, 6.07) is 3.29. The van der Waals surface area contributed by atoms with E-state index in [-0.39, 0.29) is 0 Å². The summed E-state index contributed by atoms with van der Waals surface area (Å²) < 4.78 is 0. The number of H-pyrrole nitrogens is 1. The predicted molar refractivity (Wildman–Crippen MR) is 37.1 cm³/mol. The first-order valence-electron chi connectivity index (χ1n) is 3.03. The highest BCUT2D eigenvalue weighted by molar-refractivity contribution is 5.78. The fourth-order valence-corrected chi connectivity index (χ4v) is 0.817. The van der Waals surface area contributed by atoms with E-state index in [1.807, 2.05) is 0 Å². The molecule has 0 atom stereocenters. The lowest BCUT2D eigenvalue weighted by Crippen LogP contribution is -1.85. The first-order chi connectivity index (χ1) is 5.40. The monoisotopic (exact) mass is 148 g/mol. The van der Waals surface area contributed by atoms with Crippen LogP contribution in [0.1, 0.15) is 10.5 Å². The number of fused-ring (bicyclic) bond motifs is 1. The van der Waals surface area contributed by atoms with E-state index >= 15 is 0 Å². The Balaban J connectivity index is 2.76. The summed E-state index contributed by atoms with van der Waals surface area (Å²) >= 11 is 0. The van der Waals surface area contributed by atoms with Crippen LogP contribution in [0.2, 0.25) is 0 Å². The maximum absolute atomic E-state index is 10.3. The van der Waals surface area contributed by atoms with Crippen LogP contribution in [0.5, 0.6) is 0 Å². The van der Waals surface area contributed by atoms with E-state index in [1.54, 1.807) is 12.1 Å². The van der Waals surface area contributed by atoms with Gasteiger partial charge in [0.05, 0.1) is 0 Å². The Morgan fingerprint density at radius 3 is 3.09 bits per heavy atom. The lowest BCUT2D eigenvalue weighted by molar-refractivity contribution is 0.111. The number of pyridine rings is 1. The van der Waals surface area contributed by atoms with Crippen molar-refractivity contribution in [1.29, 1.82) is 0 Å². The minimum atomic E-state index is 0.367. The third-order valence-corrected chi connectivity index (χ3v) is 1.32. The first kappa shape index (κ1) is 5.96. The van der Waals surface area contributed by atoms with Gasteiger partial charge >= 0.3 is 0 Å². The first-order valence-corrected chi connectivity index (χ1v) is 3.03. The fraction of sp³-hybridized carbons (Fsp3) is 0. The number of hydrogen-bond donors (Lipinski definition) is 1. The van der Waals surface area contributed by atoms with Crippen molar-refractivity contribution < 1.29 is 4.79 Å². The molecule has 0 aliphatic rings.